The number of rotatable bonds is 24. The van der Waals surface area contributed by atoms with Gasteiger partial charge in [0.25, 0.3) is 0 Å². The van der Waals surface area contributed by atoms with Gasteiger partial charge in [0, 0.05) is 13.2 Å². The van der Waals surface area contributed by atoms with Crippen molar-refractivity contribution in [3.05, 3.63) is 24.8 Å². The van der Waals surface area contributed by atoms with E-state index in [4.69, 9.17) is 9.47 Å². The molecule has 0 N–H and O–H groups in total. The van der Waals surface area contributed by atoms with Gasteiger partial charge in [0.15, 0.2) is 6.29 Å². The SMILES string of the molecule is C=CC#C/C=C/CCCCCCCC(OCCCCCCCC)OCCCCCCCC. The third kappa shape index (κ3) is 25.2. The normalized spacial score (nSPS) is 11.2. The van der Waals surface area contributed by atoms with Crippen molar-refractivity contribution < 1.29 is 9.47 Å². The fourth-order valence-corrected chi connectivity index (χ4v) is 3.76. The minimum absolute atomic E-state index is 0.00708. The number of allylic oxidation sites excluding steroid dienone is 3. The number of hydrogen-bond acceptors (Lipinski definition) is 2. The molecule has 0 radical (unpaired) electrons. The Hall–Kier alpha value is -1.04. The summed E-state index contributed by atoms with van der Waals surface area (Å²) >= 11 is 0. The molecule has 0 amide bonds. The molecule has 0 bridgehead atoms. The van der Waals surface area contributed by atoms with Crippen molar-refractivity contribution >= 4 is 0 Å². The highest BCUT2D eigenvalue weighted by molar-refractivity contribution is 5.21. The monoisotopic (exact) mass is 446 g/mol. The zero-order valence-corrected chi connectivity index (χ0v) is 21.7. The fraction of sp³-hybridized carbons (Fsp3) is 0.800. The molecule has 0 spiro atoms. The summed E-state index contributed by atoms with van der Waals surface area (Å²) in [5.74, 6) is 5.79. The first-order valence-electron chi connectivity index (χ1n) is 13.8. The topological polar surface area (TPSA) is 18.5 Å². The van der Waals surface area contributed by atoms with E-state index in [2.05, 4.69) is 38.3 Å². The molecule has 0 aromatic carbocycles. The molecule has 0 aliphatic heterocycles. The third-order valence-electron chi connectivity index (χ3n) is 5.80. The van der Waals surface area contributed by atoms with Gasteiger partial charge in [-0.05, 0) is 50.7 Å². The molecule has 2 heteroatoms. The first kappa shape index (κ1) is 31.0. The largest absolute Gasteiger partial charge is 0.353 e. The molecule has 0 aromatic rings. The van der Waals surface area contributed by atoms with Crippen LogP contribution in [-0.4, -0.2) is 19.5 Å². The van der Waals surface area contributed by atoms with Gasteiger partial charge in [-0.1, -0.05) is 122 Å². The van der Waals surface area contributed by atoms with Crippen molar-refractivity contribution in [1.29, 1.82) is 0 Å². The summed E-state index contributed by atoms with van der Waals surface area (Å²) < 4.78 is 12.3. The summed E-state index contributed by atoms with van der Waals surface area (Å²) in [5, 5.41) is 0. The van der Waals surface area contributed by atoms with E-state index in [9.17, 15) is 0 Å². The smallest absolute Gasteiger partial charge is 0.157 e. The van der Waals surface area contributed by atoms with Crippen LogP contribution in [0.1, 0.15) is 136 Å². The molecule has 0 aliphatic rings. The first-order valence-corrected chi connectivity index (χ1v) is 13.8. The zero-order valence-electron chi connectivity index (χ0n) is 21.7. The van der Waals surface area contributed by atoms with Crippen LogP contribution in [0.5, 0.6) is 0 Å². The summed E-state index contributed by atoms with van der Waals surface area (Å²) in [7, 11) is 0. The maximum absolute atomic E-state index is 6.13. The van der Waals surface area contributed by atoms with Crippen molar-refractivity contribution in [3.63, 3.8) is 0 Å². The molecule has 0 rings (SSSR count). The predicted molar refractivity (Wildman–Crippen MR) is 142 cm³/mol. The molecule has 0 heterocycles. The van der Waals surface area contributed by atoms with E-state index in [1.807, 2.05) is 6.08 Å². The van der Waals surface area contributed by atoms with Gasteiger partial charge in [0.1, 0.15) is 0 Å². The summed E-state index contributed by atoms with van der Waals surface area (Å²) in [6.07, 6.45) is 29.9. The van der Waals surface area contributed by atoms with E-state index >= 15 is 0 Å². The molecule has 0 saturated heterocycles. The predicted octanol–water partition coefficient (Wildman–Crippen LogP) is 9.54. The Morgan fingerprint density at radius 3 is 1.69 bits per heavy atom. The second-order valence-electron chi connectivity index (χ2n) is 8.95. The molecule has 2 nitrogen and oxygen atoms in total. The molecule has 0 aromatic heterocycles. The van der Waals surface area contributed by atoms with Crippen LogP contribution >= 0.6 is 0 Å². The lowest BCUT2D eigenvalue weighted by Crippen LogP contribution is -2.19. The minimum Gasteiger partial charge on any atom is -0.353 e. The Bertz CT molecular complexity index is 439. The van der Waals surface area contributed by atoms with Gasteiger partial charge in [0.2, 0.25) is 0 Å². The summed E-state index contributed by atoms with van der Waals surface area (Å²) in [6, 6.07) is 0. The standard InChI is InChI=1S/C30H54O2/c1-4-7-10-13-16-17-18-19-20-21-24-27-30(31-28-25-22-14-11-8-5-2)32-29-26-23-15-12-9-6-3/h4,13,16,30H,1,5-6,8-9,11-12,14-15,17-29H2,2-3H3/b16-13+. The van der Waals surface area contributed by atoms with Crippen LogP contribution in [0.2, 0.25) is 0 Å². The number of hydrogen-bond donors (Lipinski definition) is 0. The lowest BCUT2D eigenvalue weighted by atomic mass is 10.1. The Balaban J connectivity index is 3.89. The minimum atomic E-state index is 0.00708. The molecular weight excluding hydrogens is 392 g/mol. The van der Waals surface area contributed by atoms with Crippen molar-refractivity contribution in [3.8, 4) is 11.8 Å². The molecule has 0 fully saturated rings. The lowest BCUT2D eigenvalue weighted by molar-refractivity contribution is -0.148. The molecular formula is C30H54O2. The van der Waals surface area contributed by atoms with Crippen LogP contribution in [0.15, 0.2) is 24.8 Å². The van der Waals surface area contributed by atoms with E-state index in [1.54, 1.807) is 6.08 Å². The average molecular weight is 447 g/mol. The Morgan fingerprint density at radius 1 is 0.625 bits per heavy atom. The molecule has 0 unspecified atom stereocenters. The van der Waals surface area contributed by atoms with Crippen molar-refractivity contribution in [2.24, 2.45) is 0 Å². The molecule has 0 saturated carbocycles. The van der Waals surface area contributed by atoms with Gasteiger partial charge in [-0.3, -0.25) is 0 Å². The highest BCUT2D eigenvalue weighted by Crippen LogP contribution is 2.14. The van der Waals surface area contributed by atoms with E-state index in [0.29, 0.717) is 0 Å². The van der Waals surface area contributed by atoms with Crippen LogP contribution < -0.4 is 0 Å². The van der Waals surface area contributed by atoms with Gasteiger partial charge in [-0.25, -0.2) is 0 Å². The maximum atomic E-state index is 6.13. The highest BCUT2D eigenvalue weighted by Gasteiger charge is 2.09. The molecule has 186 valence electrons. The molecule has 0 atom stereocenters. The van der Waals surface area contributed by atoms with Crippen LogP contribution in [0, 0.1) is 11.8 Å². The van der Waals surface area contributed by atoms with Gasteiger partial charge in [0.05, 0.1) is 0 Å². The second-order valence-corrected chi connectivity index (χ2v) is 8.95. The van der Waals surface area contributed by atoms with Crippen molar-refractivity contribution in [2.75, 3.05) is 13.2 Å². The van der Waals surface area contributed by atoms with Crippen LogP contribution in [0.25, 0.3) is 0 Å². The highest BCUT2D eigenvalue weighted by atomic mass is 16.7. The third-order valence-corrected chi connectivity index (χ3v) is 5.80. The first-order chi connectivity index (χ1) is 15.8. The van der Waals surface area contributed by atoms with E-state index < -0.39 is 0 Å². The quantitative estimate of drug-likeness (QED) is 0.0834. The van der Waals surface area contributed by atoms with Gasteiger partial charge < -0.3 is 9.47 Å². The van der Waals surface area contributed by atoms with Gasteiger partial charge in [-0.2, -0.15) is 0 Å². The summed E-state index contributed by atoms with van der Waals surface area (Å²) in [6.45, 7) is 9.84. The maximum Gasteiger partial charge on any atom is 0.157 e. The van der Waals surface area contributed by atoms with Gasteiger partial charge in [-0.15, -0.1) is 0 Å². The van der Waals surface area contributed by atoms with Crippen molar-refractivity contribution in [1.82, 2.24) is 0 Å². The molecule has 0 aliphatic carbocycles. The van der Waals surface area contributed by atoms with Crippen molar-refractivity contribution in [2.45, 2.75) is 142 Å². The average Bonchev–Trinajstić information content (AvgIpc) is 2.80. The zero-order chi connectivity index (χ0) is 23.4. The Labute approximate surface area is 201 Å². The second kappa shape index (κ2) is 28.0. The summed E-state index contributed by atoms with van der Waals surface area (Å²) in [4.78, 5) is 0. The Morgan fingerprint density at radius 2 is 1.12 bits per heavy atom. The van der Waals surface area contributed by atoms with Crippen LogP contribution in [0.4, 0.5) is 0 Å². The molecule has 32 heavy (non-hydrogen) atoms. The lowest BCUT2D eigenvalue weighted by Gasteiger charge is -2.19. The van der Waals surface area contributed by atoms with Crippen LogP contribution in [0.3, 0.4) is 0 Å². The van der Waals surface area contributed by atoms with Crippen LogP contribution in [-0.2, 0) is 9.47 Å². The van der Waals surface area contributed by atoms with Gasteiger partial charge >= 0.3 is 0 Å². The van der Waals surface area contributed by atoms with E-state index in [-0.39, 0.29) is 6.29 Å². The van der Waals surface area contributed by atoms with E-state index in [1.165, 1.54) is 109 Å². The Kier molecular flexibility index (Phi) is 27.1. The van der Waals surface area contributed by atoms with E-state index in [0.717, 1.165) is 26.1 Å². The number of ether oxygens (including phenoxy) is 2. The fourth-order valence-electron chi connectivity index (χ4n) is 3.76. The summed E-state index contributed by atoms with van der Waals surface area (Å²) in [5.41, 5.74) is 0. The number of unbranched alkanes of at least 4 members (excludes halogenated alkanes) is 15.